The number of rotatable bonds is 7. The van der Waals surface area contributed by atoms with Gasteiger partial charge in [0.1, 0.15) is 0 Å². The number of benzene rings is 2. The van der Waals surface area contributed by atoms with Crippen LogP contribution in [0.3, 0.4) is 0 Å². The molecule has 0 unspecified atom stereocenters. The number of para-hydroxylation sites is 1. The minimum atomic E-state index is -3.75. The zero-order valence-electron chi connectivity index (χ0n) is 14.9. The summed E-state index contributed by atoms with van der Waals surface area (Å²) in [5.41, 5.74) is 2.01. The first-order chi connectivity index (χ1) is 13.1. The van der Waals surface area contributed by atoms with Crippen molar-refractivity contribution in [3.63, 3.8) is 0 Å². The summed E-state index contributed by atoms with van der Waals surface area (Å²) >= 11 is 0. The Morgan fingerprint density at radius 2 is 1.85 bits per heavy atom. The Morgan fingerprint density at radius 1 is 1.11 bits per heavy atom. The topological polar surface area (TPSA) is 83.3 Å². The van der Waals surface area contributed by atoms with Crippen LogP contribution in [0.4, 0.5) is 0 Å². The van der Waals surface area contributed by atoms with Gasteiger partial charge < -0.3 is 4.74 Å². The van der Waals surface area contributed by atoms with E-state index in [0.29, 0.717) is 5.56 Å². The monoisotopic (exact) mass is 381 g/mol. The van der Waals surface area contributed by atoms with E-state index in [1.165, 1.54) is 35.7 Å². The van der Waals surface area contributed by atoms with Gasteiger partial charge in [-0.2, -0.15) is 9.57 Å². The van der Waals surface area contributed by atoms with Crippen LogP contribution in [0.15, 0.2) is 65.7 Å². The third kappa shape index (κ3) is 4.14. The lowest BCUT2D eigenvalue weighted by atomic mass is 10.1. The number of ether oxygens (including phenoxy) is 1. The smallest absolute Gasteiger partial charge is 0.243 e. The van der Waals surface area contributed by atoms with Crippen molar-refractivity contribution in [2.75, 3.05) is 20.3 Å². The van der Waals surface area contributed by atoms with Crippen LogP contribution in [0.1, 0.15) is 11.1 Å². The highest BCUT2D eigenvalue weighted by Crippen LogP contribution is 2.22. The van der Waals surface area contributed by atoms with Crippen LogP contribution < -0.4 is 0 Å². The third-order valence-corrected chi connectivity index (χ3v) is 6.09. The van der Waals surface area contributed by atoms with E-state index in [1.807, 2.05) is 36.4 Å². The van der Waals surface area contributed by atoms with Crippen molar-refractivity contribution in [3.8, 4) is 6.07 Å². The first kappa shape index (κ1) is 19.0. The Bertz CT molecular complexity index is 1070. The molecule has 0 aliphatic carbocycles. The Morgan fingerprint density at radius 3 is 2.56 bits per heavy atom. The first-order valence-electron chi connectivity index (χ1n) is 8.38. The number of aromatic nitrogens is 1. The lowest BCUT2D eigenvalue weighted by Gasteiger charge is -2.22. The molecule has 2 aromatic carbocycles. The summed E-state index contributed by atoms with van der Waals surface area (Å²) in [6.45, 7) is 0.663. The van der Waals surface area contributed by atoms with Crippen molar-refractivity contribution >= 4 is 20.9 Å². The van der Waals surface area contributed by atoms with Crippen LogP contribution in [-0.2, 0) is 21.3 Å². The fraction of sp³-hybridized carbons (Fsp3) is 0.200. The predicted octanol–water partition coefficient (Wildman–Crippen LogP) is 2.94. The summed E-state index contributed by atoms with van der Waals surface area (Å²) in [6.07, 6.45) is 1.69. The van der Waals surface area contributed by atoms with E-state index < -0.39 is 10.0 Å². The molecule has 6 nitrogen and oxygen atoms in total. The fourth-order valence-electron chi connectivity index (χ4n) is 2.81. The number of pyridine rings is 1. The van der Waals surface area contributed by atoms with E-state index in [0.717, 1.165) is 16.5 Å². The molecule has 0 spiro atoms. The molecule has 0 aliphatic rings. The van der Waals surface area contributed by atoms with E-state index in [1.54, 1.807) is 6.20 Å². The Hall–Kier alpha value is -2.79. The maximum atomic E-state index is 13.1. The minimum absolute atomic E-state index is 0.144. The normalized spacial score (nSPS) is 11.6. The molecule has 7 heteroatoms. The second-order valence-corrected chi connectivity index (χ2v) is 7.90. The molecule has 0 aliphatic heterocycles. The van der Waals surface area contributed by atoms with Gasteiger partial charge in [0.05, 0.1) is 28.7 Å². The van der Waals surface area contributed by atoms with Gasteiger partial charge in [-0.15, -0.1) is 0 Å². The van der Waals surface area contributed by atoms with Crippen molar-refractivity contribution in [1.82, 2.24) is 9.29 Å². The van der Waals surface area contributed by atoms with E-state index >= 15 is 0 Å². The van der Waals surface area contributed by atoms with Gasteiger partial charge in [-0.05, 0) is 35.9 Å². The number of nitriles is 1. The van der Waals surface area contributed by atoms with Gasteiger partial charge in [0, 0.05) is 31.8 Å². The van der Waals surface area contributed by atoms with Gasteiger partial charge in [0.15, 0.2) is 0 Å². The molecule has 0 amide bonds. The van der Waals surface area contributed by atoms with Gasteiger partial charge in [-0.25, -0.2) is 8.42 Å². The van der Waals surface area contributed by atoms with Crippen molar-refractivity contribution < 1.29 is 13.2 Å². The van der Waals surface area contributed by atoms with E-state index in [2.05, 4.69) is 4.98 Å². The second kappa shape index (κ2) is 8.27. The molecular formula is C20H19N3O3S. The van der Waals surface area contributed by atoms with E-state index in [4.69, 9.17) is 10.00 Å². The second-order valence-electron chi connectivity index (χ2n) is 5.96. The first-order valence-corrected chi connectivity index (χ1v) is 9.82. The molecular weight excluding hydrogens is 362 g/mol. The average molecular weight is 381 g/mol. The molecule has 0 atom stereocenters. The van der Waals surface area contributed by atoms with Crippen LogP contribution >= 0.6 is 0 Å². The number of hydrogen-bond donors (Lipinski definition) is 0. The van der Waals surface area contributed by atoms with Crippen molar-refractivity contribution in [1.29, 1.82) is 5.26 Å². The molecule has 1 heterocycles. The predicted molar refractivity (Wildman–Crippen MR) is 102 cm³/mol. The molecule has 0 fully saturated rings. The van der Waals surface area contributed by atoms with Crippen molar-refractivity contribution in [3.05, 3.63) is 71.9 Å². The Balaban J connectivity index is 1.98. The number of nitrogens with zero attached hydrogens (tertiary/aromatic N) is 3. The van der Waals surface area contributed by atoms with Crippen LogP contribution in [0, 0.1) is 11.3 Å². The summed E-state index contributed by atoms with van der Waals surface area (Å²) < 4.78 is 32.8. The lowest BCUT2D eigenvalue weighted by Crippen LogP contribution is -2.33. The molecule has 0 bridgehead atoms. The Kier molecular flexibility index (Phi) is 5.81. The molecule has 138 valence electrons. The van der Waals surface area contributed by atoms with Gasteiger partial charge >= 0.3 is 0 Å². The summed E-state index contributed by atoms with van der Waals surface area (Å²) in [7, 11) is -2.22. The van der Waals surface area contributed by atoms with Crippen molar-refractivity contribution in [2.45, 2.75) is 11.4 Å². The average Bonchev–Trinajstić information content (AvgIpc) is 2.71. The number of sulfonamides is 1. The number of hydrogen-bond acceptors (Lipinski definition) is 5. The van der Waals surface area contributed by atoms with Crippen LogP contribution in [-0.4, -0.2) is 38.0 Å². The number of fused-ring (bicyclic) bond motifs is 1. The highest BCUT2D eigenvalue weighted by molar-refractivity contribution is 7.89. The molecule has 3 rings (SSSR count). The zero-order valence-corrected chi connectivity index (χ0v) is 15.7. The highest BCUT2D eigenvalue weighted by Gasteiger charge is 2.25. The van der Waals surface area contributed by atoms with E-state index in [9.17, 15) is 8.42 Å². The minimum Gasteiger partial charge on any atom is -0.383 e. The summed E-state index contributed by atoms with van der Waals surface area (Å²) in [6, 6.07) is 17.4. The molecule has 1 aromatic heterocycles. The molecule has 0 saturated carbocycles. The molecule has 3 aromatic rings. The zero-order chi connectivity index (χ0) is 19.3. The van der Waals surface area contributed by atoms with Gasteiger partial charge in [0.25, 0.3) is 0 Å². The summed E-state index contributed by atoms with van der Waals surface area (Å²) in [4.78, 5) is 4.55. The molecule has 0 N–H and O–H groups in total. The maximum Gasteiger partial charge on any atom is 0.243 e. The SMILES string of the molecule is COCCN(Cc1cccc2cccnc12)S(=O)(=O)c1ccc(C#N)cc1. The Labute approximate surface area is 158 Å². The summed E-state index contributed by atoms with van der Waals surface area (Å²) in [5, 5.41) is 9.87. The largest absolute Gasteiger partial charge is 0.383 e. The molecule has 27 heavy (non-hydrogen) atoms. The maximum absolute atomic E-state index is 13.1. The number of methoxy groups -OCH3 is 1. The quantitative estimate of drug-likeness (QED) is 0.628. The fourth-order valence-corrected chi connectivity index (χ4v) is 4.21. The van der Waals surface area contributed by atoms with Crippen LogP contribution in [0.25, 0.3) is 10.9 Å². The van der Waals surface area contributed by atoms with Gasteiger partial charge in [0.2, 0.25) is 10.0 Å². The van der Waals surface area contributed by atoms with Crippen LogP contribution in [0.5, 0.6) is 0 Å². The third-order valence-electron chi connectivity index (χ3n) is 4.23. The van der Waals surface area contributed by atoms with Gasteiger partial charge in [-0.1, -0.05) is 24.3 Å². The standard InChI is InChI=1S/C20H19N3O3S/c1-26-13-12-23(27(24,25)19-9-7-16(14-21)8-10-19)15-18-5-2-4-17-6-3-11-22-20(17)18/h2-11H,12-13,15H2,1H3. The lowest BCUT2D eigenvalue weighted by molar-refractivity contribution is 0.177. The van der Waals surface area contributed by atoms with Crippen LogP contribution in [0.2, 0.25) is 0 Å². The molecule has 0 radical (unpaired) electrons. The summed E-state index contributed by atoms with van der Waals surface area (Å²) in [5.74, 6) is 0. The van der Waals surface area contributed by atoms with Crippen molar-refractivity contribution in [2.24, 2.45) is 0 Å². The van der Waals surface area contributed by atoms with Gasteiger partial charge in [-0.3, -0.25) is 4.98 Å². The highest BCUT2D eigenvalue weighted by atomic mass is 32.2. The molecule has 0 saturated heterocycles. The van der Waals surface area contributed by atoms with E-state index in [-0.39, 0.29) is 24.6 Å².